The Bertz CT molecular complexity index is 910. The number of benzene rings is 2. The first-order valence-electron chi connectivity index (χ1n) is 10.1. The lowest BCUT2D eigenvalue weighted by Gasteiger charge is -2.25. The molecule has 2 saturated heterocycles. The lowest BCUT2D eigenvalue weighted by atomic mass is 9.85. The van der Waals surface area contributed by atoms with Crippen LogP contribution >= 0.6 is 0 Å². The molecule has 0 amide bonds. The summed E-state index contributed by atoms with van der Waals surface area (Å²) in [6.07, 6.45) is 0.0112. The number of hydroxylamine groups is 2. The maximum absolute atomic E-state index is 13.2. The van der Waals surface area contributed by atoms with Gasteiger partial charge in [-0.1, -0.05) is 54.6 Å². The molecule has 144 valence electrons. The Morgan fingerprint density at radius 3 is 2.25 bits per heavy atom. The molecule has 3 heterocycles. The number of carbonyl (C=O) groups excluding carboxylic acids is 1. The van der Waals surface area contributed by atoms with Gasteiger partial charge in [0.2, 0.25) is 0 Å². The van der Waals surface area contributed by atoms with Crippen molar-refractivity contribution in [2.45, 2.75) is 30.8 Å². The first-order chi connectivity index (χ1) is 13.7. The molecule has 5 nitrogen and oxygen atoms in total. The zero-order valence-electron chi connectivity index (χ0n) is 15.9. The second kappa shape index (κ2) is 5.66. The van der Waals surface area contributed by atoms with Gasteiger partial charge in [-0.15, -0.1) is 0 Å². The number of hydrogen-bond donors (Lipinski definition) is 0. The smallest absolute Gasteiger partial charge is 0.314 e. The number of nitrogens with zero attached hydrogens (tertiary/aromatic N) is 1. The first kappa shape index (κ1) is 16.7. The maximum atomic E-state index is 13.2. The van der Waals surface area contributed by atoms with E-state index in [0.29, 0.717) is 6.61 Å². The highest BCUT2D eigenvalue weighted by atomic mass is 16.7. The highest BCUT2D eigenvalue weighted by Crippen LogP contribution is 2.80. The molecule has 2 unspecified atom stereocenters. The lowest BCUT2D eigenvalue weighted by Crippen LogP contribution is -2.36. The average molecular weight is 377 g/mol. The van der Waals surface area contributed by atoms with Gasteiger partial charge in [-0.05, 0) is 23.6 Å². The minimum Gasteiger partial charge on any atom is -0.466 e. The number of esters is 1. The van der Waals surface area contributed by atoms with Crippen LogP contribution in [-0.4, -0.2) is 30.3 Å². The molecule has 1 saturated carbocycles. The van der Waals surface area contributed by atoms with Gasteiger partial charge in [-0.3, -0.25) is 9.63 Å². The molecule has 0 aromatic heterocycles. The summed E-state index contributed by atoms with van der Waals surface area (Å²) in [5, 5.41) is 1.87. The van der Waals surface area contributed by atoms with Gasteiger partial charge in [0, 0.05) is 18.9 Å². The Labute approximate surface area is 164 Å². The normalized spacial score (nSPS) is 39.8. The van der Waals surface area contributed by atoms with E-state index >= 15 is 0 Å². The molecule has 2 bridgehead atoms. The summed E-state index contributed by atoms with van der Waals surface area (Å²) in [4.78, 5) is 19.7. The van der Waals surface area contributed by atoms with Crippen LogP contribution in [0.1, 0.15) is 41.9 Å². The van der Waals surface area contributed by atoms with Crippen LogP contribution < -0.4 is 0 Å². The fourth-order valence-electron chi connectivity index (χ4n) is 6.13. The molecule has 3 fully saturated rings. The number of fused-ring (bicyclic) bond motifs is 10. The van der Waals surface area contributed by atoms with Crippen LogP contribution in [0.5, 0.6) is 0 Å². The van der Waals surface area contributed by atoms with Gasteiger partial charge in [0.05, 0.1) is 24.9 Å². The van der Waals surface area contributed by atoms with E-state index in [2.05, 4.69) is 36.4 Å². The van der Waals surface area contributed by atoms with E-state index in [1.807, 2.05) is 37.2 Å². The zero-order chi connectivity index (χ0) is 19.0. The summed E-state index contributed by atoms with van der Waals surface area (Å²) >= 11 is 0. The van der Waals surface area contributed by atoms with E-state index in [1.54, 1.807) is 0 Å². The molecule has 0 N–H and O–H groups in total. The fourth-order valence-corrected chi connectivity index (χ4v) is 6.13. The molecule has 0 radical (unpaired) electrons. The van der Waals surface area contributed by atoms with E-state index in [1.165, 1.54) is 11.1 Å². The molecule has 4 aliphatic rings. The predicted molar refractivity (Wildman–Crippen MR) is 101 cm³/mol. The molecule has 5 heteroatoms. The third-order valence-corrected chi connectivity index (χ3v) is 7.05. The monoisotopic (exact) mass is 377 g/mol. The topological polar surface area (TPSA) is 48.0 Å². The molecule has 1 aliphatic carbocycles. The lowest BCUT2D eigenvalue weighted by molar-refractivity contribution is -0.186. The second-order valence-corrected chi connectivity index (χ2v) is 8.23. The van der Waals surface area contributed by atoms with Gasteiger partial charge in [-0.25, -0.2) is 0 Å². The number of hydrogen-bond acceptors (Lipinski definition) is 5. The SMILES string of the molecule is CCOC(=O)[C@H]1[C@H](c2ccccc2)N(C)OC12C1[C@@H]3O[C@@H](c4ccccc43)[C@@H]12. The highest BCUT2D eigenvalue weighted by Gasteiger charge is 2.86. The van der Waals surface area contributed by atoms with E-state index < -0.39 is 5.60 Å². The zero-order valence-corrected chi connectivity index (χ0v) is 15.9. The van der Waals surface area contributed by atoms with E-state index in [4.69, 9.17) is 14.3 Å². The molecular weight excluding hydrogens is 354 g/mol. The van der Waals surface area contributed by atoms with Crippen molar-refractivity contribution in [3.8, 4) is 0 Å². The number of rotatable bonds is 3. The summed E-state index contributed by atoms with van der Waals surface area (Å²) in [5.41, 5.74) is 3.04. The Hall–Kier alpha value is -2.21. The number of ether oxygens (including phenoxy) is 2. The van der Waals surface area contributed by atoms with Crippen molar-refractivity contribution in [2.75, 3.05) is 13.7 Å². The van der Waals surface area contributed by atoms with Crippen molar-refractivity contribution in [3.05, 3.63) is 71.3 Å². The second-order valence-electron chi connectivity index (χ2n) is 8.23. The van der Waals surface area contributed by atoms with E-state index in [0.717, 1.165) is 5.56 Å². The molecule has 28 heavy (non-hydrogen) atoms. The highest BCUT2D eigenvalue weighted by molar-refractivity contribution is 5.77. The van der Waals surface area contributed by atoms with Crippen LogP contribution in [-0.2, 0) is 19.1 Å². The van der Waals surface area contributed by atoms with Crippen LogP contribution in [0.25, 0.3) is 0 Å². The Morgan fingerprint density at radius 1 is 1.04 bits per heavy atom. The number of carbonyl (C=O) groups is 1. The molecular formula is C23H23NO4. The quantitative estimate of drug-likeness (QED) is 0.765. The van der Waals surface area contributed by atoms with Crippen LogP contribution in [0.2, 0.25) is 0 Å². The van der Waals surface area contributed by atoms with Gasteiger partial charge < -0.3 is 9.47 Å². The fraction of sp³-hybridized carbons (Fsp3) is 0.435. The molecule has 2 aromatic carbocycles. The first-order valence-corrected chi connectivity index (χ1v) is 10.1. The minimum atomic E-state index is -0.548. The van der Waals surface area contributed by atoms with Gasteiger partial charge >= 0.3 is 5.97 Å². The summed E-state index contributed by atoms with van der Waals surface area (Å²) in [5.74, 6) is -0.146. The third kappa shape index (κ3) is 1.89. The van der Waals surface area contributed by atoms with Crippen molar-refractivity contribution in [3.63, 3.8) is 0 Å². The van der Waals surface area contributed by atoms with E-state index in [-0.39, 0.29) is 42.0 Å². The summed E-state index contributed by atoms with van der Waals surface area (Å²) < 4.78 is 11.9. The van der Waals surface area contributed by atoms with Gasteiger partial charge in [0.25, 0.3) is 0 Å². The van der Waals surface area contributed by atoms with E-state index in [9.17, 15) is 4.79 Å². The van der Waals surface area contributed by atoms with Crippen molar-refractivity contribution in [2.24, 2.45) is 17.8 Å². The largest absolute Gasteiger partial charge is 0.466 e. The van der Waals surface area contributed by atoms with Gasteiger partial charge in [0.15, 0.2) is 0 Å². The van der Waals surface area contributed by atoms with Gasteiger partial charge in [-0.2, -0.15) is 5.06 Å². The van der Waals surface area contributed by atoms with Crippen molar-refractivity contribution in [1.82, 2.24) is 5.06 Å². The van der Waals surface area contributed by atoms with Crippen LogP contribution in [0.3, 0.4) is 0 Å². The van der Waals surface area contributed by atoms with Crippen LogP contribution in [0, 0.1) is 17.8 Å². The van der Waals surface area contributed by atoms with Crippen LogP contribution in [0.4, 0.5) is 0 Å². The maximum Gasteiger partial charge on any atom is 0.314 e. The third-order valence-electron chi connectivity index (χ3n) is 7.05. The van der Waals surface area contributed by atoms with Crippen molar-refractivity contribution in [1.29, 1.82) is 0 Å². The van der Waals surface area contributed by atoms with Gasteiger partial charge in [0.1, 0.15) is 11.5 Å². The molecule has 1 spiro atoms. The summed E-state index contributed by atoms with van der Waals surface area (Å²) in [6, 6.07) is 18.4. The molecule has 6 rings (SSSR count). The molecule has 7 atom stereocenters. The average Bonchev–Trinajstić information content (AvgIpc) is 3.03. The Morgan fingerprint density at radius 2 is 1.64 bits per heavy atom. The summed E-state index contributed by atoms with van der Waals surface area (Å²) in [6.45, 7) is 2.23. The molecule has 3 aliphatic heterocycles. The van der Waals surface area contributed by atoms with Crippen molar-refractivity contribution >= 4 is 5.97 Å². The molecule has 2 aromatic rings. The predicted octanol–water partition coefficient (Wildman–Crippen LogP) is 3.60. The minimum absolute atomic E-state index is 0.00560. The summed E-state index contributed by atoms with van der Waals surface area (Å²) in [7, 11) is 1.93. The Balaban J connectivity index is 1.44. The standard InChI is InChI=1S/C23H23NO4/c1-3-26-22(25)18-19(13-9-5-4-6-10-13)24(2)28-23(18)16-17(23)21-15-12-8-7-11-14(15)20(16)27-21/h4-12,16-21H,3H2,1-2H3/t16-,17?,18-,19+,20+,21-,23?/m1/s1. The van der Waals surface area contributed by atoms with Crippen LogP contribution in [0.15, 0.2) is 54.6 Å². The Kier molecular flexibility index (Phi) is 3.38. The van der Waals surface area contributed by atoms with Crippen molar-refractivity contribution < 1.29 is 19.1 Å².